The minimum Gasteiger partial charge on any atom is -0.374 e. The molecule has 0 aliphatic rings. The van der Waals surface area contributed by atoms with E-state index in [1.54, 1.807) is 0 Å². The molecule has 0 aliphatic heterocycles. The van der Waals surface area contributed by atoms with Gasteiger partial charge in [-0.15, -0.1) is 0 Å². The van der Waals surface area contributed by atoms with Crippen LogP contribution >= 0.6 is 0 Å². The van der Waals surface area contributed by atoms with E-state index in [4.69, 9.17) is 22.6 Å². The second-order valence-electron chi connectivity index (χ2n) is 8.92. The summed E-state index contributed by atoms with van der Waals surface area (Å²) in [5, 5.41) is 0. The van der Waals surface area contributed by atoms with Crippen LogP contribution in [-0.4, -0.2) is 60.9 Å². The van der Waals surface area contributed by atoms with Crippen molar-refractivity contribution < 1.29 is 39.4 Å². The molecule has 0 aliphatic carbocycles. The summed E-state index contributed by atoms with van der Waals surface area (Å²) in [4.78, 5) is 0. The molecule has 3 aromatic carbocycles. The van der Waals surface area contributed by atoms with Crippen LogP contribution in [0.4, 0.5) is 0 Å². The first-order valence-corrected chi connectivity index (χ1v) is 15.9. The van der Waals surface area contributed by atoms with Crippen molar-refractivity contribution in [1.29, 1.82) is 0 Å². The van der Waals surface area contributed by atoms with Gasteiger partial charge in [0.05, 0.1) is 45.5 Å². The molecule has 3 aromatic rings. The molecule has 3 atom stereocenters. The van der Waals surface area contributed by atoms with Gasteiger partial charge in [-0.1, -0.05) is 91.0 Å². The summed E-state index contributed by atoms with van der Waals surface area (Å²) in [6.07, 6.45) is -1.43. The lowest BCUT2D eigenvalue weighted by atomic mass is 10.1. The van der Waals surface area contributed by atoms with E-state index in [1.165, 1.54) is 0 Å². The molecule has 0 N–H and O–H groups in total. The molecule has 0 spiro atoms. The van der Waals surface area contributed by atoms with Gasteiger partial charge in [0, 0.05) is 0 Å². The third-order valence-electron chi connectivity index (χ3n) is 5.46. The molecule has 11 heteroatoms. The van der Waals surface area contributed by atoms with Crippen molar-refractivity contribution >= 4 is 20.2 Å². The lowest BCUT2D eigenvalue weighted by molar-refractivity contribution is -0.147. The van der Waals surface area contributed by atoms with E-state index < -0.39 is 45.2 Å². The second kappa shape index (κ2) is 15.2. The van der Waals surface area contributed by atoms with Crippen LogP contribution in [0.3, 0.4) is 0 Å². The molecule has 0 aromatic heterocycles. The number of benzene rings is 3. The van der Waals surface area contributed by atoms with Crippen LogP contribution in [0.5, 0.6) is 0 Å². The molecule has 0 saturated carbocycles. The standard InChI is InChI=1S/C28H34O9S2/c1-38(29,30)36-22-26(34-19-24-14-8-4-9-15-24)28(35-20-25-16-10-5-11-17-25)27(37-39(2,31)32)21-33-18-23-12-6-3-7-13-23/h3-17,26-28H,18-22H2,1-2H3/t26-,27+,28-/m0/s1. The minimum absolute atomic E-state index is 0.0812. The van der Waals surface area contributed by atoms with Gasteiger partial charge in [0.15, 0.2) is 0 Å². The van der Waals surface area contributed by atoms with Gasteiger partial charge in [-0.25, -0.2) is 0 Å². The van der Waals surface area contributed by atoms with Crippen molar-refractivity contribution in [2.45, 2.75) is 38.1 Å². The normalized spacial score (nSPS) is 14.5. The molecule has 0 radical (unpaired) electrons. The lowest BCUT2D eigenvalue weighted by Gasteiger charge is -2.32. The second-order valence-corrected chi connectivity index (χ2v) is 12.2. The van der Waals surface area contributed by atoms with Gasteiger partial charge < -0.3 is 14.2 Å². The highest BCUT2D eigenvalue weighted by atomic mass is 32.2. The largest absolute Gasteiger partial charge is 0.374 e. The van der Waals surface area contributed by atoms with Gasteiger partial charge in [-0.2, -0.15) is 16.8 Å². The Balaban J connectivity index is 1.89. The van der Waals surface area contributed by atoms with Gasteiger partial charge in [0.2, 0.25) is 0 Å². The number of hydrogen-bond donors (Lipinski definition) is 0. The van der Waals surface area contributed by atoms with Crippen LogP contribution in [0.2, 0.25) is 0 Å². The zero-order valence-electron chi connectivity index (χ0n) is 21.9. The van der Waals surface area contributed by atoms with E-state index in [2.05, 4.69) is 0 Å². The molecule has 0 saturated heterocycles. The third-order valence-corrected chi connectivity index (χ3v) is 6.62. The zero-order chi connectivity index (χ0) is 28.1. The van der Waals surface area contributed by atoms with Gasteiger partial charge in [-0.3, -0.25) is 8.37 Å². The van der Waals surface area contributed by atoms with E-state index in [0.29, 0.717) is 0 Å². The first-order chi connectivity index (χ1) is 18.6. The molecular formula is C28H34O9S2. The Morgan fingerprint density at radius 2 is 1.03 bits per heavy atom. The van der Waals surface area contributed by atoms with E-state index >= 15 is 0 Å². The monoisotopic (exact) mass is 578 g/mol. The maximum Gasteiger partial charge on any atom is 0.264 e. The Kier molecular flexibility index (Phi) is 12.1. The van der Waals surface area contributed by atoms with Crippen molar-refractivity contribution in [2.75, 3.05) is 25.7 Å². The summed E-state index contributed by atoms with van der Waals surface area (Å²) in [5.74, 6) is 0. The van der Waals surface area contributed by atoms with Crippen molar-refractivity contribution in [2.24, 2.45) is 0 Å². The third kappa shape index (κ3) is 12.4. The molecule has 39 heavy (non-hydrogen) atoms. The quantitative estimate of drug-likeness (QED) is 0.221. The zero-order valence-corrected chi connectivity index (χ0v) is 23.6. The highest BCUT2D eigenvalue weighted by Gasteiger charge is 2.36. The van der Waals surface area contributed by atoms with E-state index in [9.17, 15) is 16.8 Å². The van der Waals surface area contributed by atoms with Gasteiger partial charge in [0.1, 0.15) is 18.3 Å². The predicted octanol–water partition coefficient (Wildman–Crippen LogP) is 3.70. The smallest absolute Gasteiger partial charge is 0.264 e. The van der Waals surface area contributed by atoms with E-state index in [1.807, 2.05) is 91.0 Å². The highest BCUT2D eigenvalue weighted by molar-refractivity contribution is 7.86. The Hall–Kier alpha value is -2.64. The first kappa shape index (κ1) is 30.9. The maximum absolute atomic E-state index is 12.3. The van der Waals surface area contributed by atoms with E-state index in [-0.39, 0.29) is 26.4 Å². The van der Waals surface area contributed by atoms with Crippen molar-refractivity contribution in [3.05, 3.63) is 108 Å². The average Bonchev–Trinajstić information content (AvgIpc) is 2.90. The highest BCUT2D eigenvalue weighted by Crippen LogP contribution is 2.20. The first-order valence-electron chi connectivity index (χ1n) is 12.2. The summed E-state index contributed by atoms with van der Waals surface area (Å²) in [5.41, 5.74) is 2.52. The van der Waals surface area contributed by atoms with Crippen LogP contribution in [0, 0.1) is 0 Å². The van der Waals surface area contributed by atoms with Crippen molar-refractivity contribution in [3.8, 4) is 0 Å². The summed E-state index contributed by atoms with van der Waals surface area (Å²) in [7, 11) is -7.81. The summed E-state index contributed by atoms with van der Waals surface area (Å²) >= 11 is 0. The summed E-state index contributed by atoms with van der Waals surface area (Å²) in [6.45, 7) is -0.220. The van der Waals surface area contributed by atoms with Crippen LogP contribution in [0.25, 0.3) is 0 Å². The number of hydrogen-bond acceptors (Lipinski definition) is 9. The lowest BCUT2D eigenvalue weighted by Crippen LogP contribution is -2.48. The molecule has 0 bridgehead atoms. The van der Waals surface area contributed by atoms with Gasteiger partial charge in [-0.05, 0) is 16.7 Å². The Bertz CT molecular complexity index is 1320. The number of rotatable bonds is 17. The molecule has 0 unspecified atom stereocenters. The predicted molar refractivity (Wildman–Crippen MR) is 147 cm³/mol. The Morgan fingerprint density at radius 1 is 0.564 bits per heavy atom. The Morgan fingerprint density at radius 3 is 1.49 bits per heavy atom. The molecule has 0 heterocycles. The maximum atomic E-state index is 12.3. The fourth-order valence-electron chi connectivity index (χ4n) is 3.70. The molecular weight excluding hydrogens is 544 g/mol. The molecule has 3 rings (SSSR count). The molecule has 0 fully saturated rings. The fourth-order valence-corrected chi connectivity index (χ4v) is 4.69. The molecule has 0 amide bonds. The van der Waals surface area contributed by atoms with Crippen LogP contribution in [0.15, 0.2) is 91.0 Å². The van der Waals surface area contributed by atoms with Crippen molar-refractivity contribution in [3.63, 3.8) is 0 Å². The summed E-state index contributed by atoms with van der Waals surface area (Å²) < 4.78 is 76.9. The topological polar surface area (TPSA) is 114 Å². The number of ether oxygens (including phenoxy) is 3. The molecule has 212 valence electrons. The average molecular weight is 579 g/mol. The minimum atomic E-state index is -3.96. The van der Waals surface area contributed by atoms with E-state index in [0.717, 1.165) is 29.2 Å². The van der Waals surface area contributed by atoms with Crippen LogP contribution in [0.1, 0.15) is 16.7 Å². The summed E-state index contributed by atoms with van der Waals surface area (Å²) in [6, 6.07) is 27.9. The SMILES string of the molecule is CS(=O)(=O)OC[C@H](OCc1ccccc1)[C@H](OCc1ccccc1)[C@@H](COCc1ccccc1)OS(C)(=O)=O. The fraction of sp³-hybridized carbons (Fsp3) is 0.357. The van der Waals surface area contributed by atoms with Crippen LogP contribution in [-0.2, 0) is 62.6 Å². The van der Waals surface area contributed by atoms with Crippen LogP contribution < -0.4 is 0 Å². The van der Waals surface area contributed by atoms with Gasteiger partial charge >= 0.3 is 0 Å². The Labute approximate surface area is 230 Å². The van der Waals surface area contributed by atoms with Crippen molar-refractivity contribution in [1.82, 2.24) is 0 Å². The van der Waals surface area contributed by atoms with Gasteiger partial charge in [0.25, 0.3) is 20.2 Å². The molecule has 9 nitrogen and oxygen atoms in total.